The first-order chi connectivity index (χ1) is 12.5. The monoisotopic (exact) mass is 369 g/mol. The first-order valence-electron chi connectivity index (χ1n) is 8.81. The van der Waals surface area contributed by atoms with Crippen LogP contribution in [0.1, 0.15) is 37.3 Å². The predicted molar refractivity (Wildman–Crippen MR) is 105 cm³/mol. The van der Waals surface area contributed by atoms with Gasteiger partial charge in [-0.1, -0.05) is 51.1 Å². The summed E-state index contributed by atoms with van der Waals surface area (Å²) in [4.78, 5) is 31.4. The van der Waals surface area contributed by atoms with Gasteiger partial charge in [-0.3, -0.25) is 14.2 Å². The first-order valence-corrected chi connectivity index (χ1v) is 9.63. The molecule has 0 bridgehead atoms. The Morgan fingerprint density at radius 1 is 1.27 bits per heavy atom. The van der Waals surface area contributed by atoms with Crippen LogP contribution in [0.2, 0.25) is 0 Å². The minimum Gasteiger partial charge on any atom is -0.347 e. The van der Waals surface area contributed by atoms with Gasteiger partial charge >= 0.3 is 0 Å². The molecule has 5 nitrogen and oxygen atoms in total. The van der Waals surface area contributed by atoms with Crippen molar-refractivity contribution < 1.29 is 4.79 Å². The van der Waals surface area contributed by atoms with Crippen LogP contribution in [-0.4, -0.2) is 15.5 Å². The van der Waals surface area contributed by atoms with Gasteiger partial charge < -0.3 is 5.32 Å². The number of benzene rings is 1. The van der Waals surface area contributed by atoms with Crippen molar-refractivity contribution in [1.29, 1.82) is 0 Å². The zero-order chi connectivity index (χ0) is 18.7. The Morgan fingerprint density at radius 3 is 2.65 bits per heavy atom. The molecule has 0 spiro atoms. The molecular weight excluding hydrogens is 346 g/mol. The standard InChI is InChI=1S/C20H23N3O2S/c1-4-15-10-16-19(26-15)21-12-23(20(16)25)11-17(24)22-18(13(2)3)14-8-6-5-7-9-14/h5-10,12-13,18H,4,11H2,1-3H3,(H,22,24). The van der Waals surface area contributed by atoms with Gasteiger partial charge in [0.05, 0.1) is 17.8 Å². The molecule has 26 heavy (non-hydrogen) atoms. The molecule has 0 aliphatic carbocycles. The molecule has 0 aliphatic rings. The smallest absolute Gasteiger partial charge is 0.262 e. The SMILES string of the molecule is CCc1cc2c(=O)n(CC(=O)NC(c3ccccc3)C(C)C)cnc2s1. The maximum Gasteiger partial charge on any atom is 0.262 e. The van der Waals surface area contributed by atoms with Crippen molar-refractivity contribution in [1.82, 2.24) is 14.9 Å². The minimum absolute atomic E-state index is 0.0326. The maximum atomic E-state index is 12.6. The molecule has 0 fully saturated rings. The highest BCUT2D eigenvalue weighted by molar-refractivity contribution is 7.18. The Labute approximate surface area is 156 Å². The van der Waals surface area contributed by atoms with Crippen LogP contribution in [0.15, 0.2) is 47.5 Å². The van der Waals surface area contributed by atoms with Crippen LogP contribution < -0.4 is 10.9 Å². The molecule has 6 heteroatoms. The van der Waals surface area contributed by atoms with Crippen LogP contribution in [0, 0.1) is 5.92 Å². The summed E-state index contributed by atoms with van der Waals surface area (Å²) in [5.41, 5.74) is 0.893. The van der Waals surface area contributed by atoms with Crippen LogP contribution in [0.5, 0.6) is 0 Å². The van der Waals surface area contributed by atoms with Crippen molar-refractivity contribution in [2.75, 3.05) is 0 Å². The fourth-order valence-corrected chi connectivity index (χ4v) is 3.89. The number of aromatic nitrogens is 2. The number of carbonyl (C=O) groups is 1. The van der Waals surface area contributed by atoms with Gasteiger partial charge in [0, 0.05) is 4.88 Å². The molecule has 1 unspecified atom stereocenters. The highest BCUT2D eigenvalue weighted by atomic mass is 32.1. The molecule has 136 valence electrons. The third kappa shape index (κ3) is 3.85. The van der Waals surface area contributed by atoms with Crippen LogP contribution in [0.4, 0.5) is 0 Å². The van der Waals surface area contributed by atoms with Gasteiger partial charge in [-0.05, 0) is 24.0 Å². The van der Waals surface area contributed by atoms with Gasteiger partial charge in [0.2, 0.25) is 5.91 Å². The number of amides is 1. The van der Waals surface area contributed by atoms with E-state index in [1.165, 1.54) is 22.2 Å². The molecule has 2 aromatic heterocycles. The molecule has 3 rings (SSSR count). The summed E-state index contributed by atoms with van der Waals surface area (Å²) in [7, 11) is 0. The van der Waals surface area contributed by atoms with Gasteiger partial charge in [-0.2, -0.15) is 0 Å². The summed E-state index contributed by atoms with van der Waals surface area (Å²) in [6.07, 6.45) is 2.33. The molecule has 0 saturated carbocycles. The number of thiophene rings is 1. The van der Waals surface area contributed by atoms with E-state index in [9.17, 15) is 9.59 Å². The van der Waals surface area contributed by atoms with E-state index in [4.69, 9.17) is 0 Å². The summed E-state index contributed by atoms with van der Waals surface area (Å²) < 4.78 is 1.38. The summed E-state index contributed by atoms with van der Waals surface area (Å²) in [6.45, 7) is 6.15. The van der Waals surface area contributed by atoms with Crippen molar-refractivity contribution in [2.45, 2.75) is 39.8 Å². The highest BCUT2D eigenvalue weighted by Crippen LogP contribution is 2.22. The van der Waals surface area contributed by atoms with Gasteiger partial charge in [-0.15, -0.1) is 11.3 Å². The molecule has 1 amide bonds. The number of carbonyl (C=O) groups excluding carboxylic acids is 1. The second-order valence-corrected chi connectivity index (χ2v) is 7.78. The first kappa shape index (κ1) is 18.3. The summed E-state index contributed by atoms with van der Waals surface area (Å²) in [5.74, 6) is 0.0458. The Balaban J connectivity index is 1.80. The van der Waals surface area contributed by atoms with E-state index in [0.717, 1.165) is 21.7 Å². The van der Waals surface area contributed by atoms with Crippen LogP contribution in [0.3, 0.4) is 0 Å². The third-order valence-electron chi connectivity index (χ3n) is 4.37. The van der Waals surface area contributed by atoms with Crippen molar-refractivity contribution in [2.24, 2.45) is 5.92 Å². The Morgan fingerprint density at radius 2 is 2.00 bits per heavy atom. The van der Waals surface area contributed by atoms with E-state index in [2.05, 4.69) is 24.1 Å². The zero-order valence-corrected chi connectivity index (χ0v) is 16.0. The van der Waals surface area contributed by atoms with E-state index in [-0.39, 0.29) is 30.0 Å². The number of aryl methyl sites for hydroxylation is 1. The number of hydrogen-bond donors (Lipinski definition) is 1. The molecule has 2 heterocycles. The zero-order valence-electron chi connectivity index (χ0n) is 15.2. The molecular formula is C20H23N3O2S. The lowest BCUT2D eigenvalue weighted by Gasteiger charge is -2.23. The molecule has 0 radical (unpaired) electrons. The van der Waals surface area contributed by atoms with E-state index in [0.29, 0.717) is 5.39 Å². The van der Waals surface area contributed by atoms with E-state index in [1.54, 1.807) is 0 Å². The number of nitrogens with one attached hydrogen (secondary N) is 1. The fraction of sp³-hybridized carbons (Fsp3) is 0.350. The second kappa shape index (κ2) is 7.83. The normalized spacial score (nSPS) is 12.5. The summed E-state index contributed by atoms with van der Waals surface area (Å²) >= 11 is 1.53. The average molecular weight is 369 g/mol. The van der Waals surface area contributed by atoms with Crippen LogP contribution >= 0.6 is 11.3 Å². The van der Waals surface area contributed by atoms with Crippen LogP contribution in [-0.2, 0) is 17.8 Å². The van der Waals surface area contributed by atoms with Gasteiger partial charge in [-0.25, -0.2) is 4.98 Å². The molecule has 1 aromatic carbocycles. The predicted octanol–water partition coefficient (Wildman–Crippen LogP) is 3.53. The van der Waals surface area contributed by atoms with Crippen LogP contribution in [0.25, 0.3) is 10.2 Å². The number of nitrogens with zero attached hydrogens (tertiary/aromatic N) is 2. The third-order valence-corrected chi connectivity index (χ3v) is 5.56. The number of rotatable bonds is 6. The van der Waals surface area contributed by atoms with E-state index < -0.39 is 0 Å². The van der Waals surface area contributed by atoms with E-state index in [1.807, 2.05) is 43.3 Å². The topological polar surface area (TPSA) is 64.0 Å². The lowest BCUT2D eigenvalue weighted by atomic mass is 9.96. The maximum absolute atomic E-state index is 12.6. The van der Waals surface area contributed by atoms with Gasteiger partial charge in [0.25, 0.3) is 5.56 Å². The Kier molecular flexibility index (Phi) is 5.52. The summed E-state index contributed by atoms with van der Waals surface area (Å²) in [5, 5.41) is 3.64. The molecule has 0 aliphatic heterocycles. The Bertz CT molecular complexity index is 960. The molecule has 1 atom stereocenters. The minimum atomic E-state index is -0.193. The lowest BCUT2D eigenvalue weighted by Crippen LogP contribution is -2.36. The molecule has 0 saturated heterocycles. The molecule has 3 aromatic rings. The van der Waals surface area contributed by atoms with Crippen molar-refractivity contribution in [3.8, 4) is 0 Å². The van der Waals surface area contributed by atoms with Gasteiger partial charge in [0.1, 0.15) is 11.4 Å². The fourth-order valence-electron chi connectivity index (χ4n) is 2.97. The van der Waals surface area contributed by atoms with Crippen molar-refractivity contribution in [3.05, 3.63) is 63.5 Å². The lowest BCUT2D eigenvalue weighted by molar-refractivity contribution is -0.122. The second-order valence-electron chi connectivity index (χ2n) is 6.66. The summed E-state index contributed by atoms with van der Waals surface area (Å²) in [6, 6.07) is 11.7. The molecule has 1 N–H and O–H groups in total. The highest BCUT2D eigenvalue weighted by Gasteiger charge is 2.19. The Hall–Kier alpha value is -2.47. The van der Waals surface area contributed by atoms with E-state index >= 15 is 0 Å². The number of fused-ring (bicyclic) bond motifs is 1. The largest absolute Gasteiger partial charge is 0.347 e. The van der Waals surface area contributed by atoms with Gasteiger partial charge in [0.15, 0.2) is 0 Å². The van der Waals surface area contributed by atoms with Crippen molar-refractivity contribution >= 4 is 27.5 Å². The quantitative estimate of drug-likeness (QED) is 0.723. The average Bonchev–Trinajstić information content (AvgIpc) is 3.07. The number of hydrogen-bond acceptors (Lipinski definition) is 4. The van der Waals surface area contributed by atoms with Crippen molar-refractivity contribution in [3.63, 3.8) is 0 Å².